The van der Waals surface area contributed by atoms with Crippen molar-refractivity contribution in [1.29, 1.82) is 0 Å². The lowest BCUT2D eigenvalue weighted by atomic mass is 9.93. The van der Waals surface area contributed by atoms with Gasteiger partial charge in [0.25, 0.3) is 5.56 Å². The zero-order chi connectivity index (χ0) is 19.9. The standard InChI is InChI=1S/C21H16N2O5/c1-8-4-14-16(10(3)18(8)24)9(2)12-6-23-15(17(12)22-14)5-11-13(20(23)26)7-28-21(27)19(11)25/h4-5,19,25H,1,6-7H2,2-3H3. The number of allylic oxidation sites excluding steroid dienone is 1. The zero-order valence-corrected chi connectivity index (χ0v) is 15.3. The summed E-state index contributed by atoms with van der Waals surface area (Å²) in [6, 6.07) is 1.64. The van der Waals surface area contributed by atoms with Gasteiger partial charge >= 0.3 is 5.97 Å². The van der Waals surface area contributed by atoms with Crippen LogP contribution < -0.4 is 16.1 Å². The molecule has 1 N–H and O–H groups in total. The van der Waals surface area contributed by atoms with Crippen LogP contribution in [0.2, 0.25) is 0 Å². The summed E-state index contributed by atoms with van der Waals surface area (Å²) in [5.74, 6) is -0.878. The molecule has 0 saturated carbocycles. The number of ketones is 1. The first-order chi connectivity index (χ1) is 13.3. The molecule has 3 aliphatic rings. The van der Waals surface area contributed by atoms with Gasteiger partial charge in [0.15, 0.2) is 11.9 Å². The second-order valence-corrected chi connectivity index (χ2v) is 7.31. The molecule has 0 amide bonds. The summed E-state index contributed by atoms with van der Waals surface area (Å²) in [7, 11) is 0. The van der Waals surface area contributed by atoms with Crippen molar-refractivity contribution in [3.05, 3.63) is 61.4 Å². The molecule has 1 unspecified atom stereocenters. The first kappa shape index (κ1) is 16.8. The first-order valence-corrected chi connectivity index (χ1v) is 8.87. The van der Waals surface area contributed by atoms with Gasteiger partial charge in [0.2, 0.25) is 0 Å². The Labute approximate surface area is 158 Å². The number of aliphatic hydroxyl groups excluding tert-OH is 1. The van der Waals surface area contributed by atoms with E-state index in [0.29, 0.717) is 34.4 Å². The van der Waals surface area contributed by atoms with Gasteiger partial charge in [-0.3, -0.25) is 9.59 Å². The monoisotopic (exact) mass is 376 g/mol. The SMILES string of the molecule is C=C1C=c2nc3c(c(C)c2=C(C)C1=O)Cn1c-3cc2c(c1=O)COC(=O)C2O. The van der Waals surface area contributed by atoms with Gasteiger partial charge in [0.05, 0.1) is 28.8 Å². The molecule has 0 bridgehead atoms. The average molecular weight is 376 g/mol. The molecule has 0 radical (unpaired) electrons. The maximum Gasteiger partial charge on any atom is 0.340 e. The molecule has 2 aromatic rings. The number of Topliss-reactive ketones (excluding diaryl/α,β-unsaturated/α-hetero) is 1. The van der Waals surface area contributed by atoms with E-state index in [1.54, 1.807) is 23.6 Å². The Hall–Kier alpha value is -3.32. The van der Waals surface area contributed by atoms with Crippen LogP contribution in [-0.4, -0.2) is 26.4 Å². The van der Waals surface area contributed by atoms with Crippen LogP contribution in [0.25, 0.3) is 23.0 Å². The van der Waals surface area contributed by atoms with Crippen molar-refractivity contribution in [2.75, 3.05) is 0 Å². The van der Waals surface area contributed by atoms with Gasteiger partial charge in [0, 0.05) is 27.5 Å². The van der Waals surface area contributed by atoms with Crippen molar-refractivity contribution in [2.24, 2.45) is 0 Å². The molecular formula is C21H16N2O5. The number of nitrogens with zero attached hydrogens (tertiary/aromatic N) is 2. The van der Waals surface area contributed by atoms with Gasteiger partial charge in [-0.25, -0.2) is 9.78 Å². The van der Waals surface area contributed by atoms with Crippen LogP contribution in [0.3, 0.4) is 0 Å². The number of rotatable bonds is 0. The molecule has 2 aliphatic heterocycles. The number of fused-ring (bicyclic) bond motifs is 5. The van der Waals surface area contributed by atoms with Crippen molar-refractivity contribution in [3.63, 3.8) is 0 Å². The fraction of sp³-hybridized carbons (Fsp3) is 0.238. The Morgan fingerprint density at radius 2 is 2.00 bits per heavy atom. The van der Waals surface area contributed by atoms with Gasteiger partial charge < -0.3 is 14.4 Å². The highest BCUT2D eigenvalue weighted by molar-refractivity contribution is 6.27. The fourth-order valence-electron chi connectivity index (χ4n) is 4.29. The summed E-state index contributed by atoms with van der Waals surface area (Å²) in [5.41, 5.74) is 4.12. The molecular weight excluding hydrogens is 360 g/mol. The Balaban J connectivity index is 1.86. The highest BCUT2D eigenvalue weighted by atomic mass is 16.5. The van der Waals surface area contributed by atoms with E-state index in [-0.39, 0.29) is 29.1 Å². The van der Waals surface area contributed by atoms with Gasteiger partial charge in [-0.15, -0.1) is 0 Å². The smallest absolute Gasteiger partial charge is 0.340 e. The second kappa shape index (κ2) is 5.36. The predicted molar refractivity (Wildman–Crippen MR) is 99.5 cm³/mol. The number of aromatic nitrogens is 2. The third kappa shape index (κ3) is 1.96. The largest absolute Gasteiger partial charge is 0.458 e. The highest BCUT2D eigenvalue weighted by Crippen LogP contribution is 2.33. The third-order valence-electron chi connectivity index (χ3n) is 5.79. The number of esters is 1. The van der Waals surface area contributed by atoms with E-state index in [4.69, 9.17) is 9.72 Å². The molecule has 0 saturated heterocycles. The Morgan fingerprint density at radius 3 is 2.75 bits per heavy atom. The predicted octanol–water partition coefficient (Wildman–Crippen LogP) is -0.239. The van der Waals surface area contributed by atoms with E-state index in [0.717, 1.165) is 16.3 Å². The summed E-state index contributed by atoms with van der Waals surface area (Å²) in [5, 5.41) is 11.6. The number of carbonyl (C=O) groups is 2. The van der Waals surface area contributed by atoms with Crippen LogP contribution >= 0.6 is 0 Å². The molecule has 0 aromatic carbocycles. The second-order valence-electron chi connectivity index (χ2n) is 7.31. The first-order valence-electron chi connectivity index (χ1n) is 8.87. The van der Waals surface area contributed by atoms with E-state index >= 15 is 0 Å². The van der Waals surface area contributed by atoms with Crippen molar-refractivity contribution in [2.45, 2.75) is 33.1 Å². The van der Waals surface area contributed by atoms with Gasteiger partial charge in [-0.2, -0.15) is 0 Å². The number of hydrogen-bond donors (Lipinski definition) is 1. The molecule has 5 rings (SSSR count). The van der Waals surface area contributed by atoms with Crippen LogP contribution in [0.5, 0.6) is 0 Å². The van der Waals surface area contributed by atoms with Crippen LogP contribution in [-0.2, 0) is 27.5 Å². The fourth-order valence-corrected chi connectivity index (χ4v) is 4.29. The van der Waals surface area contributed by atoms with E-state index in [9.17, 15) is 19.5 Å². The Morgan fingerprint density at radius 1 is 1.25 bits per heavy atom. The van der Waals surface area contributed by atoms with Crippen molar-refractivity contribution in [1.82, 2.24) is 9.55 Å². The number of ether oxygens (including phenoxy) is 1. The lowest BCUT2D eigenvalue weighted by molar-refractivity contribution is -0.157. The summed E-state index contributed by atoms with van der Waals surface area (Å²) in [6.07, 6.45) is 0.174. The van der Waals surface area contributed by atoms with Crippen LogP contribution in [0.15, 0.2) is 23.0 Å². The van der Waals surface area contributed by atoms with Gasteiger partial charge in [-0.05, 0) is 31.6 Å². The summed E-state index contributed by atoms with van der Waals surface area (Å²) < 4.78 is 6.48. The average Bonchev–Trinajstić information content (AvgIpc) is 3.03. The Bertz CT molecular complexity index is 1350. The molecule has 140 valence electrons. The molecule has 2 aromatic heterocycles. The number of hydrogen-bond acceptors (Lipinski definition) is 6. The summed E-state index contributed by atoms with van der Waals surface area (Å²) in [4.78, 5) is 41.7. The molecule has 1 aliphatic carbocycles. The van der Waals surface area contributed by atoms with Gasteiger partial charge in [-0.1, -0.05) is 6.58 Å². The van der Waals surface area contributed by atoms with E-state index in [1.165, 1.54) is 0 Å². The summed E-state index contributed by atoms with van der Waals surface area (Å²) >= 11 is 0. The van der Waals surface area contributed by atoms with Gasteiger partial charge in [0.1, 0.15) is 6.61 Å². The van der Waals surface area contributed by atoms with Crippen LogP contribution in [0.4, 0.5) is 0 Å². The molecule has 0 fully saturated rings. The molecule has 0 spiro atoms. The van der Waals surface area contributed by atoms with Crippen molar-refractivity contribution >= 4 is 23.4 Å². The lowest BCUT2D eigenvalue weighted by Gasteiger charge is -2.21. The minimum absolute atomic E-state index is 0.112. The van der Waals surface area contributed by atoms with Crippen molar-refractivity contribution < 1.29 is 19.4 Å². The quantitative estimate of drug-likeness (QED) is 0.430. The summed E-state index contributed by atoms with van der Waals surface area (Å²) in [6.45, 7) is 7.63. The maximum absolute atomic E-state index is 13.0. The van der Waals surface area contributed by atoms with Crippen molar-refractivity contribution in [3.8, 4) is 11.4 Å². The highest BCUT2D eigenvalue weighted by Gasteiger charge is 2.34. The molecule has 1 atom stereocenters. The minimum Gasteiger partial charge on any atom is -0.458 e. The third-order valence-corrected chi connectivity index (χ3v) is 5.79. The zero-order valence-electron chi connectivity index (χ0n) is 15.3. The Kier molecular flexibility index (Phi) is 3.22. The maximum atomic E-state index is 13.0. The van der Waals surface area contributed by atoms with E-state index in [2.05, 4.69) is 6.58 Å². The minimum atomic E-state index is -1.48. The lowest BCUT2D eigenvalue weighted by Crippen LogP contribution is -2.38. The molecule has 7 nitrogen and oxygen atoms in total. The van der Waals surface area contributed by atoms with Crippen LogP contribution in [0.1, 0.15) is 35.3 Å². The molecule has 4 heterocycles. The number of carbonyl (C=O) groups excluding carboxylic acids is 2. The van der Waals surface area contributed by atoms with E-state index in [1.807, 2.05) is 6.92 Å². The van der Waals surface area contributed by atoms with Crippen LogP contribution in [0, 0.1) is 6.92 Å². The number of cyclic esters (lactones) is 1. The van der Waals surface area contributed by atoms with E-state index < -0.39 is 12.1 Å². The molecule has 28 heavy (non-hydrogen) atoms. The molecule has 7 heteroatoms. The number of pyridine rings is 2. The normalized spacial score (nSPS) is 19.5. The number of aliphatic hydroxyl groups is 1. The topological polar surface area (TPSA) is 98.5 Å².